The van der Waals surface area contributed by atoms with Crippen molar-refractivity contribution in [3.63, 3.8) is 0 Å². The van der Waals surface area contributed by atoms with Gasteiger partial charge in [-0.2, -0.15) is 0 Å². The Morgan fingerprint density at radius 3 is 2.74 bits per heavy atom. The highest BCUT2D eigenvalue weighted by molar-refractivity contribution is 7.99. The number of aromatic nitrogens is 3. The predicted molar refractivity (Wildman–Crippen MR) is 109 cm³/mol. The number of pyridine rings is 1. The van der Waals surface area contributed by atoms with Crippen LogP contribution in [0.3, 0.4) is 0 Å². The van der Waals surface area contributed by atoms with Crippen molar-refractivity contribution >= 4 is 51.4 Å². The van der Waals surface area contributed by atoms with Gasteiger partial charge in [-0.05, 0) is 29.0 Å². The molecule has 0 unspecified atom stereocenters. The molecule has 27 heavy (non-hydrogen) atoms. The molecule has 0 fully saturated rings. The monoisotopic (exact) mass is 419 g/mol. The minimum atomic E-state index is -0.663. The molecule has 2 aromatic carbocycles. The van der Waals surface area contributed by atoms with Crippen LogP contribution in [0.1, 0.15) is 0 Å². The van der Waals surface area contributed by atoms with E-state index in [0.717, 1.165) is 16.5 Å². The fourth-order valence-corrected chi connectivity index (χ4v) is 3.99. The second-order valence-electron chi connectivity index (χ2n) is 5.97. The van der Waals surface area contributed by atoms with Gasteiger partial charge in [0.15, 0.2) is 10.8 Å². The molecule has 4 aromatic rings. The fourth-order valence-electron chi connectivity index (χ4n) is 2.67. The molecular formula is C19H15Cl2N3O2S. The van der Waals surface area contributed by atoms with Crippen LogP contribution in [-0.4, -0.2) is 38.2 Å². The first kappa shape index (κ1) is 18.4. The number of halogens is 2. The van der Waals surface area contributed by atoms with Crippen LogP contribution in [0.4, 0.5) is 0 Å². The standard InChI is InChI=1S/C19H15Cl2N3O2S/c20-14-8-17(21)18-22-23-19(24(18)9-14)27-11-15(25)10-26-16-6-5-12-3-1-2-4-13(12)7-16/h1-9,15,25H,10-11H2/t15-/m0/s1. The Morgan fingerprint density at radius 1 is 1.07 bits per heavy atom. The van der Waals surface area contributed by atoms with Crippen molar-refractivity contribution in [3.8, 4) is 5.75 Å². The molecule has 0 aliphatic rings. The van der Waals surface area contributed by atoms with Crippen LogP contribution in [0.15, 0.2) is 59.9 Å². The fraction of sp³-hybridized carbons (Fsp3) is 0.158. The first-order valence-corrected chi connectivity index (χ1v) is 9.96. The Morgan fingerprint density at radius 2 is 1.89 bits per heavy atom. The summed E-state index contributed by atoms with van der Waals surface area (Å²) in [7, 11) is 0. The number of aliphatic hydroxyl groups is 1. The molecule has 4 rings (SSSR count). The molecule has 0 radical (unpaired) electrons. The Balaban J connectivity index is 1.37. The SMILES string of the molecule is O[C@@H](COc1ccc2ccccc2c1)CSc1nnc2c(Cl)cc(Cl)cn12. The van der Waals surface area contributed by atoms with E-state index in [1.165, 1.54) is 11.8 Å². The second kappa shape index (κ2) is 7.94. The second-order valence-corrected chi connectivity index (χ2v) is 7.80. The molecule has 2 aromatic heterocycles. The molecule has 0 aliphatic carbocycles. The molecule has 0 saturated heterocycles. The lowest BCUT2D eigenvalue weighted by atomic mass is 10.1. The van der Waals surface area contributed by atoms with E-state index in [1.54, 1.807) is 16.7 Å². The molecular weight excluding hydrogens is 405 g/mol. The lowest BCUT2D eigenvalue weighted by molar-refractivity contribution is 0.126. The van der Waals surface area contributed by atoms with Crippen molar-refractivity contribution in [1.29, 1.82) is 0 Å². The zero-order valence-corrected chi connectivity index (χ0v) is 16.4. The van der Waals surface area contributed by atoms with E-state index >= 15 is 0 Å². The number of thioether (sulfide) groups is 1. The zero-order chi connectivity index (χ0) is 18.8. The quantitative estimate of drug-likeness (QED) is 0.458. The van der Waals surface area contributed by atoms with Gasteiger partial charge in [-0.1, -0.05) is 65.3 Å². The Labute approximate surface area is 169 Å². The van der Waals surface area contributed by atoms with Crippen LogP contribution in [0.5, 0.6) is 5.75 Å². The summed E-state index contributed by atoms with van der Waals surface area (Å²) in [4.78, 5) is 0. The van der Waals surface area contributed by atoms with Crippen molar-refractivity contribution in [2.24, 2.45) is 0 Å². The number of ether oxygens (including phenoxy) is 1. The van der Waals surface area contributed by atoms with E-state index in [0.29, 0.717) is 26.6 Å². The van der Waals surface area contributed by atoms with Gasteiger partial charge in [-0.3, -0.25) is 4.40 Å². The summed E-state index contributed by atoms with van der Waals surface area (Å²) in [5, 5.41) is 22.2. The summed E-state index contributed by atoms with van der Waals surface area (Å²) in [6.07, 6.45) is 1.03. The number of fused-ring (bicyclic) bond motifs is 2. The minimum absolute atomic E-state index is 0.184. The van der Waals surface area contributed by atoms with Crippen molar-refractivity contribution in [3.05, 3.63) is 64.8 Å². The first-order valence-electron chi connectivity index (χ1n) is 8.22. The smallest absolute Gasteiger partial charge is 0.195 e. The maximum Gasteiger partial charge on any atom is 0.195 e. The molecule has 2 heterocycles. The highest BCUT2D eigenvalue weighted by Crippen LogP contribution is 2.26. The van der Waals surface area contributed by atoms with Gasteiger partial charge in [0.1, 0.15) is 12.4 Å². The van der Waals surface area contributed by atoms with Crippen LogP contribution in [0.2, 0.25) is 10.0 Å². The van der Waals surface area contributed by atoms with Crippen molar-refractivity contribution < 1.29 is 9.84 Å². The van der Waals surface area contributed by atoms with Crippen molar-refractivity contribution in [2.75, 3.05) is 12.4 Å². The third-order valence-corrected chi connectivity index (χ3v) is 5.54. The van der Waals surface area contributed by atoms with Crippen molar-refractivity contribution in [2.45, 2.75) is 11.3 Å². The zero-order valence-electron chi connectivity index (χ0n) is 14.0. The van der Waals surface area contributed by atoms with Gasteiger partial charge in [0.05, 0.1) is 16.1 Å². The van der Waals surface area contributed by atoms with Gasteiger partial charge < -0.3 is 9.84 Å². The highest BCUT2D eigenvalue weighted by atomic mass is 35.5. The molecule has 0 bridgehead atoms. The van der Waals surface area contributed by atoms with E-state index in [4.69, 9.17) is 27.9 Å². The lowest BCUT2D eigenvalue weighted by Crippen LogP contribution is -2.20. The van der Waals surface area contributed by atoms with Gasteiger partial charge in [-0.15, -0.1) is 10.2 Å². The van der Waals surface area contributed by atoms with E-state index in [1.807, 2.05) is 42.5 Å². The molecule has 0 aliphatic heterocycles. The summed E-state index contributed by atoms with van der Waals surface area (Å²) in [5.41, 5.74) is 0.533. The molecule has 1 atom stereocenters. The Kier molecular flexibility index (Phi) is 5.41. The predicted octanol–water partition coefficient (Wildman–Crippen LogP) is 4.72. The summed E-state index contributed by atoms with van der Waals surface area (Å²) < 4.78 is 7.44. The van der Waals surface area contributed by atoms with Crippen molar-refractivity contribution in [1.82, 2.24) is 14.6 Å². The largest absolute Gasteiger partial charge is 0.491 e. The van der Waals surface area contributed by atoms with Gasteiger partial charge >= 0.3 is 0 Å². The summed E-state index contributed by atoms with van der Waals surface area (Å²) in [6.45, 7) is 0.184. The Hall–Kier alpha value is -1.99. The first-order chi connectivity index (χ1) is 13.1. The third kappa shape index (κ3) is 4.14. The van der Waals surface area contributed by atoms with Crippen LogP contribution in [-0.2, 0) is 0 Å². The Bertz CT molecular complexity index is 1100. The molecule has 5 nitrogen and oxygen atoms in total. The average molecular weight is 420 g/mol. The third-order valence-electron chi connectivity index (χ3n) is 3.96. The maximum absolute atomic E-state index is 10.2. The number of aliphatic hydroxyl groups excluding tert-OH is 1. The minimum Gasteiger partial charge on any atom is -0.491 e. The molecule has 1 N–H and O–H groups in total. The van der Waals surface area contributed by atoms with E-state index in [2.05, 4.69) is 10.2 Å². The average Bonchev–Trinajstić information content (AvgIpc) is 3.07. The van der Waals surface area contributed by atoms with E-state index in [9.17, 15) is 5.11 Å². The lowest BCUT2D eigenvalue weighted by Gasteiger charge is -2.12. The summed E-state index contributed by atoms with van der Waals surface area (Å²) in [6, 6.07) is 15.5. The highest BCUT2D eigenvalue weighted by Gasteiger charge is 2.13. The number of benzene rings is 2. The van der Waals surface area contributed by atoms with E-state index in [-0.39, 0.29) is 6.61 Å². The van der Waals surface area contributed by atoms with Gasteiger partial charge in [-0.25, -0.2) is 0 Å². The van der Waals surface area contributed by atoms with E-state index < -0.39 is 6.10 Å². The van der Waals surface area contributed by atoms with Crippen LogP contribution >= 0.6 is 35.0 Å². The summed E-state index contributed by atoms with van der Waals surface area (Å²) >= 11 is 13.5. The summed E-state index contributed by atoms with van der Waals surface area (Å²) in [5.74, 6) is 1.13. The van der Waals surface area contributed by atoms with Gasteiger partial charge in [0.2, 0.25) is 0 Å². The number of nitrogens with zero attached hydrogens (tertiary/aromatic N) is 3. The molecule has 0 amide bonds. The molecule has 8 heteroatoms. The topological polar surface area (TPSA) is 59.7 Å². The van der Waals surface area contributed by atoms with Gasteiger partial charge in [0, 0.05) is 11.9 Å². The normalized spacial score (nSPS) is 12.6. The molecule has 0 spiro atoms. The van der Waals surface area contributed by atoms with Crippen LogP contribution in [0, 0.1) is 0 Å². The maximum atomic E-state index is 10.2. The number of rotatable bonds is 6. The van der Waals surface area contributed by atoms with Crippen LogP contribution in [0.25, 0.3) is 16.4 Å². The van der Waals surface area contributed by atoms with Gasteiger partial charge in [0.25, 0.3) is 0 Å². The number of hydrogen-bond donors (Lipinski definition) is 1. The molecule has 0 saturated carbocycles. The van der Waals surface area contributed by atoms with Crippen LogP contribution < -0.4 is 4.74 Å². The number of hydrogen-bond acceptors (Lipinski definition) is 5. The molecule has 138 valence electrons.